The van der Waals surface area contributed by atoms with Crippen molar-refractivity contribution in [2.24, 2.45) is 11.8 Å². The van der Waals surface area contributed by atoms with Gasteiger partial charge in [0, 0.05) is 5.02 Å². The van der Waals surface area contributed by atoms with E-state index in [1.54, 1.807) is 0 Å². The Morgan fingerprint density at radius 2 is 1.95 bits per heavy atom. The molecule has 0 amide bonds. The molecule has 1 aliphatic rings. The molecule has 0 aromatic heterocycles. The molecule has 2 rings (SSSR count). The molecule has 20 heavy (non-hydrogen) atoms. The van der Waals surface area contributed by atoms with Crippen LogP contribution in [-0.4, -0.2) is 13.1 Å². The molecule has 0 spiro atoms. The molecule has 0 aliphatic heterocycles. The lowest BCUT2D eigenvalue weighted by atomic mass is 9.83. The summed E-state index contributed by atoms with van der Waals surface area (Å²) in [6.07, 6.45) is 7.54. The lowest BCUT2D eigenvalue weighted by Crippen LogP contribution is -2.28. The Bertz CT molecular complexity index is 421. The zero-order valence-electron chi connectivity index (χ0n) is 12.3. The minimum Gasteiger partial charge on any atom is -0.317 e. The highest BCUT2D eigenvalue weighted by Gasteiger charge is 2.24. The Kier molecular flexibility index (Phi) is 6.31. The lowest BCUT2D eigenvalue weighted by molar-refractivity contribution is 0.299. The van der Waals surface area contributed by atoms with Gasteiger partial charge in [-0.3, -0.25) is 0 Å². The SMILES string of the molecule is CCNCC1CCCCCC1Cc1ccc(F)cc1Cl. The number of hydrogen-bond acceptors (Lipinski definition) is 1. The molecule has 3 heteroatoms. The Balaban J connectivity index is 2.06. The first-order chi connectivity index (χ1) is 9.70. The van der Waals surface area contributed by atoms with Crippen LogP contribution in [-0.2, 0) is 6.42 Å². The molecule has 1 aliphatic carbocycles. The van der Waals surface area contributed by atoms with E-state index in [0.717, 1.165) is 31.0 Å². The highest BCUT2D eigenvalue weighted by molar-refractivity contribution is 6.31. The van der Waals surface area contributed by atoms with E-state index in [9.17, 15) is 4.39 Å². The van der Waals surface area contributed by atoms with E-state index in [1.165, 1.54) is 44.2 Å². The molecular formula is C17H25ClFN. The maximum absolute atomic E-state index is 13.1. The van der Waals surface area contributed by atoms with Gasteiger partial charge in [-0.25, -0.2) is 4.39 Å². The summed E-state index contributed by atoms with van der Waals surface area (Å²) in [4.78, 5) is 0. The van der Waals surface area contributed by atoms with Crippen LogP contribution >= 0.6 is 11.6 Å². The van der Waals surface area contributed by atoms with Gasteiger partial charge in [0.05, 0.1) is 0 Å². The summed E-state index contributed by atoms with van der Waals surface area (Å²) in [7, 11) is 0. The first-order valence-electron chi connectivity index (χ1n) is 7.85. The number of halogens is 2. The molecule has 1 nitrogen and oxygen atoms in total. The fraction of sp³-hybridized carbons (Fsp3) is 0.647. The van der Waals surface area contributed by atoms with Gasteiger partial charge < -0.3 is 5.32 Å². The van der Waals surface area contributed by atoms with Crippen molar-refractivity contribution in [2.75, 3.05) is 13.1 Å². The predicted octanol–water partition coefficient (Wildman–Crippen LogP) is 4.83. The highest BCUT2D eigenvalue weighted by atomic mass is 35.5. The molecule has 2 atom stereocenters. The van der Waals surface area contributed by atoms with Crippen LogP contribution < -0.4 is 5.32 Å². The summed E-state index contributed by atoms with van der Waals surface area (Å²) in [5.74, 6) is 1.14. The summed E-state index contributed by atoms with van der Waals surface area (Å²) in [5.41, 5.74) is 1.10. The summed E-state index contributed by atoms with van der Waals surface area (Å²) >= 11 is 6.19. The third-order valence-corrected chi connectivity index (χ3v) is 4.82. The van der Waals surface area contributed by atoms with Crippen LogP contribution in [0.3, 0.4) is 0 Å². The molecule has 1 fully saturated rings. The van der Waals surface area contributed by atoms with Gasteiger partial charge in [-0.05, 0) is 61.9 Å². The maximum atomic E-state index is 13.1. The summed E-state index contributed by atoms with van der Waals surface area (Å²) < 4.78 is 13.1. The first-order valence-corrected chi connectivity index (χ1v) is 8.23. The van der Waals surface area contributed by atoms with Crippen molar-refractivity contribution >= 4 is 11.6 Å². The van der Waals surface area contributed by atoms with Crippen molar-refractivity contribution in [2.45, 2.75) is 45.4 Å². The third kappa shape index (κ3) is 4.46. The molecular weight excluding hydrogens is 273 g/mol. The fourth-order valence-electron chi connectivity index (χ4n) is 3.30. The van der Waals surface area contributed by atoms with E-state index < -0.39 is 0 Å². The average molecular weight is 298 g/mol. The topological polar surface area (TPSA) is 12.0 Å². The second kappa shape index (κ2) is 7.99. The molecule has 0 heterocycles. The van der Waals surface area contributed by atoms with Crippen LogP contribution in [0.2, 0.25) is 5.02 Å². The van der Waals surface area contributed by atoms with Crippen LogP contribution in [0.4, 0.5) is 4.39 Å². The van der Waals surface area contributed by atoms with Gasteiger partial charge in [-0.2, -0.15) is 0 Å². The number of benzene rings is 1. The maximum Gasteiger partial charge on any atom is 0.124 e. The number of nitrogens with one attached hydrogen (secondary N) is 1. The smallest absolute Gasteiger partial charge is 0.124 e. The minimum absolute atomic E-state index is 0.246. The predicted molar refractivity (Wildman–Crippen MR) is 83.7 cm³/mol. The van der Waals surface area contributed by atoms with Crippen LogP contribution in [0.1, 0.15) is 44.6 Å². The van der Waals surface area contributed by atoms with Crippen LogP contribution in [0.15, 0.2) is 18.2 Å². The Morgan fingerprint density at radius 1 is 1.20 bits per heavy atom. The third-order valence-electron chi connectivity index (χ3n) is 4.47. The molecule has 0 bridgehead atoms. The zero-order chi connectivity index (χ0) is 14.4. The van der Waals surface area contributed by atoms with Gasteiger partial charge >= 0.3 is 0 Å². The molecule has 1 aromatic rings. The summed E-state index contributed by atoms with van der Waals surface area (Å²) in [6, 6.07) is 4.82. The van der Waals surface area contributed by atoms with E-state index in [2.05, 4.69) is 12.2 Å². The Morgan fingerprint density at radius 3 is 2.65 bits per heavy atom. The quantitative estimate of drug-likeness (QED) is 0.768. The van der Waals surface area contributed by atoms with Gasteiger partial charge in [0.15, 0.2) is 0 Å². The van der Waals surface area contributed by atoms with E-state index >= 15 is 0 Å². The number of hydrogen-bond donors (Lipinski definition) is 1. The van der Waals surface area contributed by atoms with E-state index in [1.807, 2.05) is 6.07 Å². The van der Waals surface area contributed by atoms with Gasteiger partial charge in [-0.1, -0.05) is 43.9 Å². The molecule has 1 aromatic carbocycles. The molecule has 2 unspecified atom stereocenters. The minimum atomic E-state index is -0.246. The van der Waals surface area contributed by atoms with E-state index in [0.29, 0.717) is 10.9 Å². The highest BCUT2D eigenvalue weighted by Crippen LogP contribution is 2.32. The second-order valence-electron chi connectivity index (χ2n) is 5.91. The normalized spacial score (nSPS) is 23.6. The standard InChI is InChI=1S/C17H25ClFN/c1-2-20-12-15-7-5-3-4-6-13(15)10-14-8-9-16(19)11-17(14)18/h8-9,11,13,15,20H,2-7,10,12H2,1H3. The molecule has 112 valence electrons. The van der Waals surface area contributed by atoms with Crippen molar-refractivity contribution in [1.29, 1.82) is 0 Å². The van der Waals surface area contributed by atoms with Crippen molar-refractivity contribution < 1.29 is 4.39 Å². The van der Waals surface area contributed by atoms with Gasteiger partial charge in [0.2, 0.25) is 0 Å². The Hall–Kier alpha value is -0.600. The largest absolute Gasteiger partial charge is 0.317 e. The average Bonchev–Trinajstić information content (AvgIpc) is 2.65. The summed E-state index contributed by atoms with van der Waals surface area (Å²) in [6.45, 7) is 4.28. The van der Waals surface area contributed by atoms with Gasteiger partial charge in [0.1, 0.15) is 5.82 Å². The lowest BCUT2D eigenvalue weighted by Gasteiger charge is -2.26. The zero-order valence-corrected chi connectivity index (χ0v) is 13.1. The van der Waals surface area contributed by atoms with Crippen molar-refractivity contribution in [3.05, 3.63) is 34.6 Å². The van der Waals surface area contributed by atoms with Crippen LogP contribution in [0.5, 0.6) is 0 Å². The number of rotatable bonds is 5. The second-order valence-corrected chi connectivity index (χ2v) is 6.31. The van der Waals surface area contributed by atoms with Crippen molar-refractivity contribution in [3.8, 4) is 0 Å². The van der Waals surface area contributed by atoms with E-state index in [4.69, 9.17) is 11.6 Å². The molecule has 0 saturated heterocycles. The van der Waals surface area contributed by atoms with Crippen molar-refractivity contribution in [3.63, 3.8) is 0 Å². The van der Waals surface area contributed by atoms with E-state index in [-0.39, 0.29) is 5.82 Å². The molecule has 1 saturated carbocycles. The van der Waals surface area contributed by atoms with Gasteiger partial charge in [0.25, 0.3) is 0 Å². The van der Waals surface area contributed by atoms with Crippen LogP contribution in [0.25, 0.3) is 0 Å². The summed E-state index contributed by atoms with van der Waals surface area (Å²) in [5, 5.41) is 4.07. The fourth-order valence-corrected chi connectivity index (χ4v) is 3.54. The molecule has 1 N–H and O–H groups in total. The van der Waals surface area contributed by atoms with Crippen LogP contribution in [0, 0.1) is 17.7 Å². The van der Waals surface area contributed by atoms with Crippen molar-refractivity contribution in [1.82, 2.24) is 5.32 Å². The first kappa shape index (κ1) is 15.8. The Labute approximate surface area is 126 Å². The molecule has 0 radical (unpaired) electrons. The van der Waals surface area contributed by atoms with Gasteiger partial charge in [-0.15, -0.1) is 0 Å². The monoisotopic (exact) mass is 297 g/mol.